The van der Waals surface area contributed by atoms with E-state index >= 15 is 0 Å². The highest BCUT2D eigenvalue weighted by atomic mass is 19.1. The summed E-state index contributed by atoms with van der Waals surface area (Å²) in [5.74, 6) is -1.78. The number of carbonyl (C=O) groups excluding carboxylic acids is 1. The highest BCUT2D eigenvalue weighted by Gasteiger charge is 2.14. The maximum absolute atomic E-state index is 13.9. The molecule has 0 unspecified atom stereocenters. The molecule has 0 bridgehead atoms. The Kier molecular flexibility index (Phi) is 3.90. The molecule has 0 aliphatic rings. The molecule has 2 aromatic rings. The van der Waals surface area contributed by atoms with Crippen LogP contribution in [-0.2, 0) is 9.53 Å². The number of fused-ring (bicyclic) bond motifs is 1. The van der Waals surface area contributed by atoms with Gasteiger partial charge in [0.25, 0.3) is 0 Å². The summed E-state index contributed by atoms with van der Waals surface area (Å²) in [5.41, 5.74) is 0.912. The molecule has 0 saturated heterocycles. The third-order valence-electron chi connectivity index (χ3n) is 2.86. The summed E-state index contributed by atoms with van der Waals surface area (Å²) < 4.78 is 18.5. The SMILES string of the molecule is CCOC(=O)C(F)=C(C)c1ccc2ccncc2c1. The monoisotopic (exact) mass is 259 g/mol. The highest BCUT2D eigenvalue weighted by molar-refractivity contribution is 5.96. The van der Waals surface area contributed by atoms with Gasteiger partial charge in [-0.2, -0.15) is 4.39 Å². The maximum atomic E-state index is 13.9. The van der Waals surface area contributed by atoms with Crippen molar-refractivity contribution in [1.82, 2.24) is 4.98 Å². The number of nitrogens with zero attached hydrogens (tertiary/aromatic N) is 1. The third-order valence-corrected chi connectivity index (χ3v) is 2.86. The number of allylic oxidation sites excluding steroid dienone is 1. The van der Waals surface area contributed by atoms with Crippen LogP contribution in [0.4, 0.5) is 4.39 Å². The Morgan fingerprint density at radius 3 is 2.84 bits per heavy atom. The van der Waals surface area contributed by atoms with Crippen molar-refractivity contribution in [2.75, 3.05) is 6.61 Å². The molecule has 3 nitrogen and oxygen atoms in total. The summed E-state index contributed by atoms with van der Waals surface area (Å²) >= 11 is 0. The van der Waals surface area contributed by atoms with Crippen LogP contribution in [0.25, 0.3) is 16.3 Å². The molecule has 4 heteroatoms. The van der Waals surface area contributed by atoms with Crippen LogP contribution >= 0.6 is 0 Å². The summed E-state index contributed by atoms with van der Waals surface area (Å²) in [6.07, 6.45) is 3.40. The summed E-state index contributed by atoms with van der Waals surface area (Å²) in [6, 6.07) is 7.32. The van der Waals surface area contributed by atoms with Gasteiger partial charge in [0.15, 0.2) is 0 Å². The molecule has 1 aromatic heterocycles. The molecule has 0 aliphatic carbocycles. The molecule has 0 amide bonds. The number of esters is 1. The molecule has 19 heavy (non-hydrogen) atoms. The van der Waals surface area contributed by atoms with Crippen molar-refractivity contribution in [2.24, 2.45) is 0 Å². The second-order valence-electron chi connectivity index (χ2n) is 4.10. The topological polar surface area (TPSA) is 39.2 Å². The Balaban J connectivity index is 2.43. The Bertz CT molecular complexity index is 649. The van der Waals surface area contributed by atoms with E-state index in [1.807, 2.05) is 12.1 Å². The van der Waals surface area contributed by atoms with E-state index in [1.165, 1.54) is 0 Å². The Labute approximate surface area is 110 Å². The molecule has 0 aliphatic heterocycles. The van der Waals surface area contributed by atoms with Gasteiger partial charge in [0, 0.05) is 17.8 Å². The fourth-order valence-electron chi connectivity index (χ4n) is 1.79. The number of rotatable bonds is 3. The van der Waals surface area contributed by atoms with Gasteiger partial charge in [-0.25, -0.2) is 4.79 Å². The van der Waals surface area contributed by atoms with E-state index in [-0.39, 0.29) is 12.2 Å². The highest BCUT2D eigenvalue weighted by Crippen LogP contribution is 2.24. The lowest BCUT2D eigenvalue weighted by Gasteiger charge is -2.06. The lowest BCUT2D eigenvalue weighted by Crippen LogP contribution is -2.05. The first kappa shape index (κ1) is 13.2. The normalized spacial score (nSPS) is 12.2. The van der Waals surface area contributed by atoms with Crippen LogP contribution in [0.2, 0.25) is 0 Å². The average molecular weight is 259 g/mol. The molecular formula is C15H14FNO2. The van der Waals surface area contributed by atoms with Gasteiger partial charge >= 0.3 is 5.97 Å². The number of halogens is 1. The standard InChI is InChI=1S/C15H14FNO2/c1-3-19-15(18)14(16)10(2)12-5-4-11-6-7-17-9-13(11)8-12/h4-9H,3H2,1-2H3. The van der Waals surface area contributed by atoms with Crippen LogP contribution in [0.15, 0.2) is 42.5 Å². The van der Waals surface area contributed by atoms with E-state index in [9.17, 15) is 9.18 Å². The zero-order chi connectivity index (χ0) is 13.8. The number of hydrogen-bond acceptors (Lipinski definition) is 3. The van der Waals surface area contributed by atoms with E-state index < -0.39 is 11.8 Å². The van der Waals surface area contributed by atoms with Crippen molar-refractivity contribution in [3.05, 3.63) is 48.0 Å². The quantitative estimate of drug-likeness (QED) is 0.625. The van der Waals surface area contributed by atoms with Gasteiger partial charge in [-0.05, 0) is 42.5 Å². The zero-order valence-corrected chi connectivity index (χ0v) is 10.8. The van der Waals surface area contributed by atoms with Crippen LogP contribution in [0.1, 0.15) is 19.4 Å². The lowest BCUT2D eigenvalue weighted by atomic mass is 10.0. The number of ether oxygens (including phenoxy) is 1. The number of aromatic nitrogens is 1. The summed E-state index contributed by atoms with van der Waals surface area (Å²) in [4.78, 5) is 15.4. The van der Waals surface area contributed by atoms with E-state index in [2.05, 4.69) is 9.72 Å². The van der Waals surface area contributed by atoms with Crippen LogP contribution in [0, 0.1) is 0 Å². The van der Waals surface area contributed by atoms with Crippen molar-refractivity contribution >= 4 is 22.3 Å². The fraction of sp³-hybridized carbons (Fsp3) is 0.200. The minimum atomic E-state index is -0.925. The van der Waals surface area contributed by atoms with Gasteiger partial charge < -0.3 is 4.74 Å². The van der Waals surface area contributed by atoms with Crippen molar-refractivity contribution in [2.45, 2.75) is 13.8 Å². The average Bonchev–Trinajstić information content (AvgIpc) is 2.45. The number of carbonyl (C=O) groups is 1. The molecule has 2 rings (SSSR count). The minimum absolute atomic E-state index is 0.154. The largest absolute Gasteiger partial charge is 0.461 e. The molecule has 0 N–H and O–H groups in total. The Hall–Kier alpha value is -2.23. The first-order valence-electron chi connectivity index (χ1n) is 6.01. The Morgan fingerprint density at radius 2 is 2.11 bits per heavy atom. The molecule has 0 fully saturated rings. The molecule has 0 saturated carbocycles. The van der Waals surface area contributed by atoms with Crippen molar-refractivity contribution < 1.29 is 13.9 Å². The first-order chi connectivity index (χ1) is 9.13. The second kappa shape index (κ2) is 5.61. The van der Waals surface area contributed by atoms with Gasteiger partial charge in [-0.1, -0.05) is 12.1 Å². The molecule has 1 heterocycles. The van der Waals surface area contributed by atoms with Gasteiger partial charge in [0.2, 0.25) is 5.83 Å². The van der Waals surface area contributed by atoms with E-state index in [0.29, 0.717) is 5.56 Å². The van der Waals surface area contributed by atoms with Crippen LogP contribution in [0.5, 0.6) is 0 Å². The number of hydrogen-bond donors (Lipinski definition) is 0. The van der Waals surface area contributed by atoms with Crippen molar-refractivity contribution in [3.63, 3.8) is 0 Å². The van der Waals surface area contributed by atoms with E-state index in [1.54, 1.807) is 38.4 Å². The van der Waals surface area contributed by atoms with E-state index in [4.69, 9.17) is 0 Å². The molecule has 0 spiro atoms. The fourth-order valence-corrected chi connectivity index (χ4v) is 1.79. The van der Waals surface area contributed by atoms with Crippen LogP contribution in [-0.4, -0.2) is 17.6 Å². The molecule has 0 atom stereocenters. The summed E-state index contributed by atoms with van der Waals surface area (Å²) in [7, 11) is 0. The third kappa shape index (κ3) is 2.78. The van der Waals surface area contributed by atoms with Gasteiger partial charge in [-0.15, -0.1) is 0 Å². The first-order valence-corrected chi connectivity index (χ1v) is 6.01. The number of benzene rings is 1. The lowest BCUT2D eigenvalue weighted by molar-refractivity contribution is -0.140. The molecule has 98 valence electrons. The van der Waals surface area contributed by atoms with Crippen LogP contribution < -0.4 is 0 Å². The smallest absolute Gasteiger partial charge is 0.367 e. The molecule has 1 aromatic carbocycles. The molecule has 0 radical (unpaired) electrons. The van der Waals surface area contributed by atoms with Crippen molar-refractivity contribution in [1.29, 1.82) is 0 Å². The Morgan fingerprint density at radius 1 is 1.32 bits per heavy atom. The summed E-state index contributed by atoms with van der Waals surface area (Å²) in [6.45, 7) is 3.35. The second-order valence-corrected chi connectivity index (χ2v) is 4.10. The van der Waals surface area contributed by atoms with Gasteiger partial charge in [0.1, 0.15) is 0 Å². The molecular weight excluding hydrogens is 245 g/mol. The van der Waals surface area contributed by atoms with Crippen molar-refractivity contribution in [3.8, 4) is 0 Å². The van der Waals surface area contributed by atoms with Gasteiger partial charge in [0.05, 0.1) is 6.61 Å². The minimum Gasteiger partial charge on any atom is -0.461 e. The van der Waals surface area contributed by atoms with Gasteiger partial charge in [-0.3, -0.25) is 4.98 Å². The zero-order valence-electron chi connectivity index (χ0n) is 10.8. The van der Waals surface area contributed by atoms with E-state index in [0.717, 1.165) is 10.8 Å². The van der Waals surface area contributed by atoms with Crippen LogP contribution in [0.3, 0.4) is 0 Å². The summed E-state index contributed by atoms with van der Waals surface area (Å²) in [5, 5.41) is 1.92. The predicted molar refractivity (Wildman–Crippen MR) is 72.1 cm³/mol. The number of pyridine rings is 1. The maximum Gasteiger partial charge on any atom is 0.367 e. The predicted octanol–water partition coefficient (Wildman–Crippen LogP) is 3.50.